The maximum Gasteiger partial charge on any atom is 0.319 e. The van der Waals surface area contributed by atoms with E-state index in [0.29, 0.717) is 0 Å². The number of hydrogen-bond donors (Lipinski definition) is 3. The average molecular weight is 298 g/mol. The Morgan fingerprint density at radius 3 is 2.18 bits per heavy atom. The molecule has 2 amide bonds. The van der Waals surface area contributed by atoms with Crippen molar-refractivity contribution in [1.82, 2.24) is 5.32 Å². The van der Waals surface area contributed by atoms with E-state index >= 15 is 0 Å². The van der Waals surface area contributed by atoms with Gasteiger partial charge in [-0.2, -0.15) is 0 Å². The number of aryl methyl sites for hydroxylation is 2. The van der Waals surface area contributed by atoms with Crippen molar-refractivity contribution in [3.05, 3.63) is 65.7 Å². The van der Waals surface area contributed by atoms with Crippen molar-refractivity contribution in [3.8, 4) is 0 Å². The molecule has 0 radical (unpaired) electrons. The second-order valence-electron chi connectivity index (χ2n) is 5.14. The van der Waals surface area contributed by atoms with Crippen LogP contribution in [-0.2, 0) is 12.8 Å². The summed E-state index contributed by atoms with van der Waals surface area (Å²) in [6.45, 7) is 0.192. The number of carbonyl (C=O) groups excluding carboxylic acids is 1. The van der Waals surface area contributed by atoms with Crippen LogP contribution in [0.1, 0.15) is 17.5 Å². The Balaban J connectivity index is 1.75. The minimum Gasteiger partial charge on any atom is -0.395 e. The molecular weight excluding hydrogens is 276 g/mol. The third kappa shape index (κ3) is 5.58. The van der Waals surface area contributed by atoms with E-state index in [9.17, 15) is 4.79 Å². The average Bonchev–Trinajstić information content (AvgIpc) is 2.55. The summed E-state index contributed by atoms with van der Waals surface area (Å²) >= 11 is 0. The zero-order valence-corrected chi connectivity index (χ0v) is 12.6. The lowest BCUT2D eigenvalue weighted by Crippen LogP contribution is -2.30. The summed E-state index contributed by atoms with van der Waals surface area (Å²) in [5.74, 6) is 0. The summed E-state index contributed by atoms with van der Waals surface area (Å²) < 4.78 is 0. The molecule has 4 nitrogen and oxygen atoms in total. The van der Waals surface area contributed by atoms with Gasteiger partial charge in [-0.15, -0.1) is 0 Å². The molecule has 22 heavy (non-hydrogen) atoms. The number of nitrogens with one attached hydrogen (secondary N) is 2. The number of rotatable bonds is 7. The molecule has 0 aliphatic carbocycles. The molecule has 0 spiro atoms. The van der Waals surface area contributed by atoms with Crippen LogP contribution >= 0.6 is 0 Å². The molecule has 3 N–H and O–H groups in total. The third-order valence-electron chi connectivity index (χ3n) is 3.38. The van der Waals surface area contributed by atoms with Crippen molar-refractivity contribution in [2.45, 2.75) is 19.3 Å². The molecule has 0 atom stereocenters. The lowest BCUT2D eigenvalue weighted by molar-refractivity contribution is 0.245. The molecule has 0 aliphatic heterocycles. The maximum atomic E-state index is 11.5. The van der Waals surface area contributed by atoms with E-state index in [0.717, 1.165) is 24.9 Å². The van der Waals surface area contributed by atoms with Gasteiger partial charge in [-0.3, -0.25) is 0 Å². The molecule has 0 unspecified atom stereocenters. The Morgan fingerprint density at radius 2 is 1.55 bits per heavy atom. The largest absolute Gasteiger partial charge is 0.395 e. The zero-order valence-electron chi connectivity index (χ0n) is 12.6. The van der Waals surface area contributed by atoms with Gasteiger partial charge >= 0.3 is 6.03 Å². The van der Waals surface area contributed by atoms with Crippen molar-refractivity contribution in [1.29, 1.82) is 0 Å². The quantitative estimate of drug-likeness (QED) is 0.736. The summed E-state index contributed by atoms with van der Waals surface area (Å²) in [6, 6.07) is 18.0. The van der Waals surface area contributed by atoms with Gasteiger partial charge in [0.1, 0.15) is 0 Å². The lowest BCUT2D eigenvalue weighted by atomic mass is 10.0. The second-order valence-corrected chi connectivity index (χ2v) is 5.14. The summed E-state index contributed by atoms with van der Waals surface area (Å²) in [5.41, 5.74) is 3.38. The van der Waals surface area contributed by atoms with Gasteiger partial charge in [-0.05, 0) is 42.5 Å². The number of amides is 2. The molecule has 0 saturated heterocycles. The number of aliphatic hydroxyl groups is 1. The van der Waals surface area contributed by atoms with Crippen LogP contribution in [0.4, 0.5) is 10.5 Å². The number of aliphatic hydroxyl groups excluding tert-OH is 1. The molecule has 0 aliphatic rings. The number of benzene rings is 2. The SMILES string of the molecule is O=C(NCCO)Nc1ccc(CCCc2ccccc2)cc1. The van der Waals surface area contributed by atoms with E-state index in [1.54, 1.807) is 0 Å². The predicted molar refractivity (Wildman–Crippen MR) is 89.0 cm³/mol. The van der Waals surface area contributed by atoms with Gasteiger partial charge in [-0.1, -0.05) is 42.5 Å². The topological polar surface area (TPSA) is 61.4 Å². The van der Waals surface area contributed by atoms with Gasteiger partial charge < -0.3 is 15.7 Å². The Bertz CT molecular complexity index is 567. The van der Waals surface area contributed by atoms with Gasteiger partial charge in [0.25, 0.3) is 0 Å². The molecule has 0 heterocycles. The molecule has 0 aromatic heterocycles. The Morgan fingerprint density at radius 1 is 0.909 bits per heavy atom. The van der Waals surface area contributed by atoms with E-state index in [4.69, 9.17) is 5.11 Å². The number of hydrogen-bond acceptors (Lipinski definition) is 2. The van der Waals surface area contributed by atoms with Gasteiger partial charge in [-0.25, -0.2) is 4.79 Å². The summed E-state index contributed by atoms with van der Waals surface area (Å²) in [4.78, 5) is 11.5. The smallest absolute Gasteiger partial charge is 0.319 e. The van der Waals surface area contributed by atoms with Crippen LogP contribution in [0.15, 0.2) is 54.6 Å². The molecule has 0 bridgehead atoms. The van der Waals surface area contributed by atoms with E-state index in [-0.39, 0.29) is 19.2 Å². The fourth-order valence-corrected chi connectivity index (χ4v) is 2.24. The summed E-state index contributed by atoms with van der Waals surface area (Å²) in [5, 5.41) is 13.9. The first-order chi connectivity index (χ1) is 10.8. The Labute approximate surface area is 131 Å². The van der Waals surface area contributed by atoms with E-state index in [2.05, 4.69) is 34.9 Å². The van der Waals surface area contributed by atoms with Crippen LogP contribution in [0.5, 0.6) is 0 Å². The number of anilines is 1. The highest BCUT2D eigenvalue weighted by Crippen LogP contribution is 2.12. The van der Waals surface area contributed by atoms with E-state index < -0.39 is 0 Å². The van der Waals surface area contributed by atoms with Gasteiger partial charge in [0.15, 0.2) is 0 Å². The number of carbonyl (C=O) groups is 1. The van der Waals surface area contributed by atoms with Crippen LogP contribution < -0.4 is 10.6 Å². The van der Waals surface area contributed by atoms with Crippen molar-refractivity contribution in [2.24, 2.45) is 0 Å². The van der Waals surface area contributed by atoms with Gasteiger partial charge in [0, 0.05) is 12.2 Å². The first-order valence-electron chi connectivity index (χ1n) is 7.56. The van der Waals surface area contributed by atoms with Crippen molar-refractivity contribution < 1.29 is 9.90 Å². The van der Waals surface area contributed by atoms with Crippen molar-refractivity contribution in [2.75, 3.05) is 18.5 Å². The molecule has 2 rings (SSSR count). The first-order valence-corrected chi connectivity index (χ1v) is 7.56. The fourth-order valence-electron chi connectivity index (χ4n) is 2.24. The minimum absolute atomic E-state index is 0.0617. The minimum atomic E-state index is -0.300. The lowest BCUT2D eigenvalue weighted by Gasteiger charge is -2.07. The standard InChI is InChI=1S/C18H22N2O2/c21-14-13-19-18(22)20-17-11-9-16(10-12-17)8-4-7-15-5-2-1-3-6-15/h1-3,5-6,9-12,21H,4,7-8,13-14H2,(H2,19,20,22). The van der Waals surface area contributed by atoms with Crippen LogP contribution in [0, 0.1) is 0 Å². The molecule has 0 saturated carbocycles. The molecular formula is C18H22N2O2. The second kappa shape index (κ2) is 8.85. The normalized spacial score (nSPS) is 10.2. The fraction of sp³-hybridized carbons (Fsp3) is 0.278. The van der Waals surface area contributed by atoms with Crippen LogP contribution in [0.25, 0.3) is 0 Å². The van der Waals surface area contributed by atoms with E-state index in [1.807, 2.05) is 30.3 Å². The highest BCUT2D eigenvalue weighted by Gasteiger charge is 2.01. The molecule has 116 valence electrons. The third-order valence-corrected chi connectivity index (χ3v) is 3.38. The first kappa shape index (κ1) is 16.0. The van der Waals surface area contributed by atoms with Gasteiger partial charge in [0.2, 0.25) is 0 Å². The summed E-state index contributed by atoms with van der Waals surface area (Å²) in [7, 11) is 0. The highest BCUT2D eigenvalue weighted by molar-refractivity contribution is 5.89. The van der Waals surface area contributed by atoms with Crippen molar-refractivity contribution in [3.63, 3.8) is 0 Å². The molecule has 2 aromatic carbocycles. The number of urea groups is 1. The van der Waals surface area contributed by atoms with Crippen LogP contribution in [0.2, 0.25) is 0 Å². The highest BCUT2D eigenvalue weighted by atomic mass is 16.3. The van der Waals surface area contributed by atoms with Gasteiger partial charge in [0.05, 0.1) is 6.61 Å². The zero-order chi connectivity index (χ0) is 15.6. The van der Waals surface area contributed by atoms with Crippen LogP contribution in [-0.4, -0.2) is 24.3 Å². The Hall–Kier alpha value is -2.33. The molecule has 2 aromatic rings. The van der Waals surface area contributed by atoms with Crippen molar-refractivity contribution >= 4 is 11.7 Å². The predicted octanol–water partition coefficient (Wildman–Crippen LogP) is 2.98. The molecule has 4 heteroatoms. The van der Waals surface area contributed by atoms with E-state index in [1.165, 1.54) is 11.1 Å². The van der Waals surface area contributed by atoms with Crippen LogP contribution in [0.3, 0.4) is 0 Å². The maximum absolute atomic E-state index is 11.5. The monoisotopic (exact) mass is 298 g/mol. The summed E-state index contributed by atoms with van der Waals surface area (Å²) in [6.07, 6.45) is 3.20. The Kier molecular flexibility index (Phi) is 6.45. The molecule has 0 fully saturated rings.